The molecule has 1 heterocycles. The molecule has 0 aliphatic carbocycles. The van der Waals surface area contributed by atoms with Gasteiger partial charge in [0.15, 0.2) is 5.11 Å². The van der Waals surface area contributed by atoms with Crippen LogP contribution >= 0.6 is 12.2 Å². The molecule has 0 radical (unpaired) electrons. The van der Waals surface area contributed by atoms with Crippen molar-refractivity contribution < 1.29 is 23.8 Å². The Hall–Kier alpha value is -3.39. The van der Waals surface area contributed by atoms with Crippen molar-refractivity contribution in [3.63, 3.8) is 0 Å². The molecule has 0 saturated carbocycles. The second-order valence-corrected chi connectivity index (χ2v) is 6.32. The van der Waals surface area contributed by atoms with Crippen LogP contribution in [0.2, 0.25) is 0 Å². The number of methoxy groups -OCH3 is 2. The lowest BCUT2D eigenvalue weighted by atomic mass is 10.1. The quantitative estimate of drug-likeness (QED) is 0.314. The molecule has 3 rings (SSSR count). The maximum atomic E-state index is 13.1. The molecule has 2 aromatic carbocycles. The highest BCUT2D eigenvalue weighted by atomic mass is 32.1. The maximum absolute atomic E-state index is 13.1. The minimum Gasteiger partial charge on any atom is -0.500 e. The van der Waals surface area contributed by atoms with Gasteiger partial charge in [0.05, 0.1) is 32.2 Å². The molecule has 150 valence electrons. The second-order valence-electron chi connectivity index (χ2n) is 5.95. The third-order valence-electron chi connectivity index (χ3n) is 4.24. The van der Waals surface area contributed by atoms with E-state index in [0.29, 0.717) is 29.5 Å². The van der Waals surface area contributed by atoms with Gasteiger partial charge in [-0.2, -0.15) is 0 Å². The lowest BCUT2D eigenvalue weighted by Crippen LogP contribution is -2.57. The van der Waals surface area contributed by atoms with E-state index in [1.165, 1.54) is 30.3 Å². The molecule has 0 unspecified atom stereocenters. The molecule has 29 heavy (non-hydrogen) atoms. The van der Waals surface area contributed by atoms with E-state index in [1.807, 2.05) is 0 Å². The Labute approximate surface area is 174 Å². The number of hydrogen-bond acceptors (Lipinski definition) is 6. The topological polar surface area (TPSA) is 68.3 Å². The van der Waals surface area contributed by atoms with Crippen LogP contribution in [-0.2, 0) is 14.3 Å². The molecule has 1 saturated heterocycles. The lowest BCUT2D eigenvalue weighted by Gasteiger charge is -2.36. The first-order valence-corrected chi connectivity index (χ1v) is 9.25. The summed E-state index contributed by atoms with van der Waals surface area (Å²) in [6.45, 7) is 2.08. The summed E-state index contributed by atoms with van der Waals surface area (Å²) in [5.41, 5.74) is 0.815. The first-order chi connectivity index (χ1) is 14.0. The predicted octanol–water partition coefficient (Wildman–Crippen LogP) is 3.29. The van der Waals surface area contributed by atoms with E-state index in [2.05, 4.69) is 0 Å². The fourth-order valence-electron chi connectivity index (χ4n) is 2.83. The van der Waals surface area contributed by atoms with E-state index in [9.17, 15) is 9.59 Å². The molecule has 1 aliphatic heterocycles. The number of thiocarbonyl (C=S) groups is 1. The third-order valence-corrected chi connectivity index (χ3v) is 4.61. The molecule has 0 N–H and O–H groups in total. The van der Waals surface area contributed by atoms with E-state index in [-0.39, 0.29) is 10.7 Å². The lowest BCUT2D eigenvalue weighted by molar-refractivity contribution is -0.121. The van der Waals surface area contributed by atoms with Gasteiger partial charge < -0.3 is 14.2 Å². The molecular formula is C21H20N2O5S. The Bertz CT molecular complexity index is 917. The monoisotopic (exact) mass is 412 g/mol. The number of anilines is 2. The number of carbonyl (C=O) groups excluding carboxylic acids is 2. The van der Waals surface area contributed by atoms with E-state index in [0.717, 1.165) is 0 Å². The Morgan fingerprint density at radius 1 is 0.897 bits per heavy atom. The van der Waals surface area contributed by atoms with E-state index in [4.69, 9.17) is 26.4 Å². The van der Waals surface area contributed by atoms with Gasteiger partial charge in [-0.1, -0.05) is 12.1 Å². The Balaban J connectivity index is 2.14. The van der Waals surface area contributed by atoms with Gasteiger partial charge in [0.2, 0.25) is 0 Å². The molecule has 7 nitrogen and oxygen atoms in total. The molecule has 0 atom stereocenters. The van der Waals surface area contributed by atoms with Gasteiger partial charge in [0.25, 0.3) is 11.8 Å². The smallest absolute Gasteiger partial charge is 0.273 e. The summed E-state index contributed by atoms with van der Waals surface area (Å²) in [6.07, 6.45) is 1.17. The van der Waals surface area contributed by atoms with Gasteiger partial charge in [0.1, 0.15) is 23.3 Å². The van der Waals surface area contributed by atoms with E-state index in [1.54, 1.807) is 55.5 Å². The standard InChI is InChI=1S/C21H20N2O5S/c1-4-28-13-18-19(24)22(14-7-5-9-16(11-14)26-2)21(29)23(20(18)25)15-8-6-10-17(12-15)27-3/h5-13H,4H2,1-3H3. The molecule has 8 heteroatoms. The summed E-state index contributed by atoms with van der Waals surface area (Å²) in [7, 11) is 3.06. The van der Waals surface area contributed by atoms with Crippen molar-refractivity contribution in [3.8, 4) is 11.5 Å². The Morgan fingerprint density at radius 3 is 1.79 bits per heavy atom. The average molecular weight is 412 g/mol. The summed E-state index contributed by atoms with van der Waals surface area (Å²) >= 11 is 5.55. The number of nitrogens with zero attached hydrogens (tertiary/aromatic N) is 2. The summed E-state index contributed by atoms with van der Waals surface area (Å²) < 4.78 is 15.8. The number of carbonyl (C=O) groups is 2. The highest BCUT2D eigenvalue weighted by Gasteiger charge is 2.41. The molecule has 0 spiro atoms. The summed E-state index contributed by atoms with van der Waals surface area (Å²) in [6, 6.07) is 13.7. The fraction of sp³-hybridized carbons (Fsp3) is 0.190. The molecule has 2 amide bonds. The van der Waals surface area contributed by atoms with Crippen molar-refractivity contribution in [2.24, 2.45) is 0 Å². The summed E-state index contributed by atoms with van der Waals surface area (Å²) in [5.74, 6) is -0.0294. The van der Waals surface area contributed by atoms with Gasteiger partial charge >= 0.3 is 0 Å². The third kappa shape index (κ3) is 3.93. The van der Waals surface area contributed by atoms with Crippen molar-refractivity contribution in [2.75, 3.05) is 30.6 Å². The van der Waals surface area contributed by atoms with Crippen LogP contribution in [0, 0.1) is 0 Å². The van der Waals surface area contributed by atoms with Crippen LogP contribution in [0.5, 0.6) is 11.5 Å². The number of ether oxygens (including phenoxy) is 3. The van der Waals surface area contributed by atoms with E-state index < -0.39 is 11.8 Å². The SMILES string of the molecule is CCOC=C1C(=O)N(c2cccc(OC)c2)C(=S)N(c2cccc(OC)c2)C1=O. The minimum atomic E-state index is -0.569. The summed E-state index contributed by atoms with van der Waals surface area (Å²) in [4.78, 5) is 28.8. The van der Waals surface area contributed by atoms with Gasteiger partial charge in [-0.3, -0.25) is 19.4 Å². The first kappa shape index (κ1) is 20.3. The van der Waals surface area contributed by atoms with Crippen molar-refractivity contribution in [2.45, 2.75) is 6.92 Å². The van der Waals surface area contributed by atoms with Crippen LogP contribution in [0.25, 0.3) is 0 Å². The zero-order valence-corrected chi connectivity index (χ0v) is 17.1. The fourth-order valence-corrected chi connectivity index (χ4v) is 3.20. The van der Waals surface area contributed by atoms with E-state index >= 15 is 0 Å². The number of rotatable bonds is 6. The van der Waals surface area contributed by atoms with Crippen molar-refractivity contribution in [3.05, 3.63) is 60.4 Å². The Morgan fingerprint density at radius 2 is 1.38 bits per heavy atom. The number of benzene rings is 2. The first-order valence-electron chi connectivity index (χ1n) is 8.84. The zero-order valence-electron chi connectivity index (χ0n) is 16.2. The van der Waals surface area contributed by atoms with Crippen LogP contribution in [0.15, 0.2) is 60.4 Å². The van der Waals surface area contributed by atoms with Gasteiger partial charge in [-0.15, -0.1) is 0 Å². The minimum absolute atomic E-state index is 0.0233. The maximum Gasteiger partial charge on any atom is 0.273 e. The average Bonchev–Trinajstić information content (AvgIpc) is 2.74. The summed E-state index contributed by atoms with van der Waals surface area (Å²) in [5, 5.41) is 0.0233. The van der Waals surface area contributed by atoms with Crippen LogP contribution in [0.4, 0.5) is 11.4 Å². The van der Waals surface area contributed by atoms with Crippen LogP contribution in [-0.4, -0.2) is 37.8 Å². The number of hydrogen-bond donors (Lipinski definition) is 0. The molecule has 1 fully saturated rings. The molecule has 0 aromatic heterocycles. The van der Waals surface area contributed by atoms with Gasteiger partial charge in [-0.05, 0) is 43.4 Å². The molecule has 2 aromatic rings. The second kappa shape index (κ2) is 8.74. The molecule has 1 aliphatic rings. The zero-order chi connectivity index (χ0) is 21.0. The highest BCUT2D eigenvalue weighted by molar-refractivity contribution is 7.81. The van der Waals surface area contributed by atoms with Crippen molar-refractivity contribution in [1.82, 2.24) is 0 Å². The van der Waals surface area contributed by atoms with Gasteiger partial charge in [-0.25, -0.2) is 0 Å². The predicted molar refractivity (Wildman–Crippen MR) is 113 cm³/mol. The van der Waals surface area contributed by atoms with Crippen molar-refractivity contribution in [1.29, 1.82) is 0 Å². The Kier molecular flexibility index (Phi) is 6.13. The van der Waals surface area contributed by atoms with Gasteiger partial charge in [0, 0.05) is 12.1 Å². The molecule has 0 bridgehead atoms. The number of amides is 2. The van der Waals surface area contributed by atoms with Crippen molar-refractivity contribution >= 4 is 40.5 Å². The molecular weight excluding hydrogens is 392 g/mol. The van der Waals surface area contributed by atoms with Crippen LogP contribution in [0.3, 0.4) is 0 Å². The highest BCUT2D eigenvalue weighted by Crippen LogP contribution is 2.32. The van der Waals surface area contributed by atoms with Crippen LogP contribution < -0.4 is 19.3 Å². The normalized spacial score (nSPS) is 14.2. The van der Waals surface area contributed by atoms with Crippen LogP contribution in [0.1, 0.15) is 6.92 Å². The largest absolute Gasteiger partial charge is 0.500 e.